The molecular weight excluding hydrogens is 618 g/mol. The lowest BCUT2D eigenvalue weighted by Crippen LogP contribution is -2.42. The Hall–Kier alpha value is -4.28. The zero-order valence-electron chi connectivity index (χ0n) is 29.5. The van der Waals surface area contributed by atoms with E-state index in [1.165, 1.54) is 5.56 Å². The number of ether oxygens (including phenoxy) is 4. The topological polar surface area (TPSA) is 90.3 Å². The number of likely N-dealkylation sites (tertiary alicyclic amines) is 2. The number of rotatable bonds is 16. The molecule has 3 aromatic carbocycles. The van der Waals surface area contributed by atoms with Crippen molar-refractivity contribution in [1.82, 2.24) is 19.4 Å². The normalized spacial score (nSPS) is 18.7. The van der Waals surface area contributed by atoms with Crippen LogP contribution in [0.5, 0.6) is 17.2 Å². The quantitative estimate of drug-likeness (QED) is 0.145. The second-order valence-corrected chi connectivity index (χ2v) is 13.4. The van der Waals surface area contributed by atoms with Gasteiger partial charge in [-0.25, -0.2) is 4.98 Å². The Balaban J connectivity index is 1.10. The molecule has 6 rings (SSSR count). The van der Waals surface area contributed by atoms with Gasteiger partial charge in [0.05, 0.1) is 39.0 Å². The molecule has 262 valence electrons. The van der Waals surface area contributed by atoms with Crippen molar-refractivity contribution in [3.8, 4) is 17.2 Å². The molecule has 0 spiro atoms. The molecule has 1 unspecified atom stereocenters. The molecule has 2 fully saturated rings. The maximum atomic E-state index is 13.7. The van der Waals surface area contributed by atoms with Crippen molar-refractivity contribution in [2.45, 2.75) is 58.2 Å². The van der Waals surface area contributed by atoms with Gasteiger partial charge in [-0.2, -0.15) is 0 Å². The van der Waals surface area contributed by atoms with E-state index in [1.807, 2.05) is 30.0 Å². The van der Waals surface area contributed by atoms with Gasteiger partial charge in [0.1, 0.15) is 0 Å². The Morgan fingerprint density at radius 1 is 0.898 bits per heavy atom. The highest BCUT2D eigenvalue weighted by atomic mass is 16.5. The molecule has 2 aliphatic rings. The van der Waals surface area contributed by atoms with Crippen LogP contribution in [0, 0.1) is 5.41 Å². The molecule has 0 saturated carbocycles. The summed E-state index contributed by atoms with van der Waals surface area (Å²) in [5, 5.41) is 3.77. The molecule has 4 aromatic rings. The summed E-state index contributed by atoms with van der Waals surface area (Å²) in [5.41, 5.74) is 4.24. The van der Waals surface area contributed by atoms with Gasteiger partial charge in [-0.05, 0) is 74.5 Å². The maximum absolute atomic E-state index is 13.7. The molecule has 10 heteroatoms. The van der Waals surface area contributed by atoms with Gasteiger partial charge in [-0.3, -0.25) is 4.79 Å². The summed E-state index contributed by atoms with van der Waals surface area (Å²) in [6.45, 7) is 8.39. The second kappa shape index (κ2) is 16.0. The number of nitrogens with one attached hydrogen (secondary N) is 1. The summed E-state index contributed by atoms with van der Waals surface area (Å²) in [6, 6.07) is 23.2. The number of carbonyl (C=O) groups is 1. The highest BCUT2D eigenvalue weighted by molar-refractivity contribution is 5.80. The Labute approximate surface area is 290 Å². The lowest BCUT2D eigenvalue weighted by atomic mass is 9.77. The maximum Gasteiger partial charge on any atom is 0.223 e. The Morgan fingerprint density at radius 3 is 2.31 bits per heavy atom. The molecule has 49 heavy (non-hydrogen) atoms. The minimum atomic E-state index is -0.139. The van der Waals surface area contributed by atoms with Gasteiger partial charge in [0.15, 0.2) is 11.5 Å². The van der Waals surface area contributed by atoms with Gasteiger partial charge >= 0.3 is 0 Å². The van der Waals surface area contributed by atoms with E-state index >= 15 is 0 Å². The number of para-hydroxylation sites is 2. The smallest absolute Gasteiger partial charge is 0.223 e. The third-order valence-electron chi connectivity index (χ3n) is 10.1. The number of aromatic nitrogens is 2. The van der Waals surface area contributed by atoms with Crippen molar-refractivity contribution in [3.05, 3.63) is 77.9 Å². The number of anilines is 1. The van der Waals surface area contributed by atoms with Crippen molar-refractivity contribution in [2.24, 2.45) is 5.41 Å². The summed E-state index contributed by atoms with van der Waals surface area (Å²) >= 11 is 0. The molecule has 0 radical (unpaired) electrons. The molecule has 2 aliphatic heterocycles. The van der Waals surface area contributed by atoms with E-state index in [2.05, 4.69) is 63.3 Å². The molecule has 2 saturated heterocycles. The van der Waals surface area contributed by atoms with Crippen molar-refractivity contribution < 1.29 is 23.7 Å². The van der Waals surface area contributed by atoms with Gasteiger partial charge in [-0.1, -0.05) is 42.5 Å². The highest BCUT2D eigenvalue weighted by Crippen LogP contribution is 2.42. The fourth-order valence-corrected chi connectivity index (χ4v) is 7.57. The SMILES string of the molecule is CCOCCn1c(NC2CCN(CCC3(Cc4ccccc4)CC(=O)N(Cc4cc(OC)c(OC)c(OC)c4)C3)CC2)nc2ccccc21. The summed E-state index contributed by atoms with van der Waals surface area (Å²) in [5.74, 6) is 2.87. The number of piperidine rings is 1. The van der Waals surface area contributed by atoms with Crippen LogP contribution in [-0.2, 0) is 29.0 Å². The van der Waals surface area contributed by atoms with E-state index in [1.54, 1.807) is 21.3 Å². The summed E-state index contributed by atoms with van der Waals surface area (Å²) in [4.78, 5) is 23.2. The Kier molecular flexibility index (Phi) is 11.3. The highest BCUT2D eigenvalue weighted by Gasteiger charge is 2.43. The van der Waals surface area contributed by atoms with Gasteiger partial charge in [0, 0.05) is 57.2 Å². The van der Waals surface area contributed by atoms with Crippen LogP contribution in [0.25, 0.3) is 11.0 Å². The monoisotopic (exact) mass is 669 g/mol. The van der Waals surface area contributed by atoms with Crippen molar-refractivity contribution in [3.63, 3.8) is 0 Å². The second-order valence-electron chi connectivity index (χ2n) is 13.4. The van der Waals surface area contributed by atoms with Crippen LogP contribution >= 0.6 is 0 Å². The van der Waals surface area contributed by atoms with E-state index < -0.39 is 0 Å². The summed E-state index contributed by atoms with van der Waals surface area (Å²) in [6.07, 6.45) is 4.48. The van der Waals surface area contributed by atoms with Crippen LogP contribution in [0.2, 0.25) is 0 Å². The zero-order valence-corrected chi connectivity index (χ0v) is 29.5. The molecule has 1 amide bonds. The van der Waals surface area contributed by atoms with Crippen molar-refractivity contribution in [1.29, 1.82) is 0 Å². The van der Waals surface area contributed by atoms with Gasteiger partial charge in [0.2, 0.25) is 17.6 Å². The number of methoxy groups -OCH3 is 3. The molecular formula is C39H51N5O5. The van der Waals surface area contributed by atoms with Crippen LogP contribution in [0.1, 0.15) is 43.7 Å². The van der Waals surface area contributed by atoms with E-state index in [-0.39, 0.29) is 11.3 Å². The predicted molar refractivity (Wildman–Crippen MR) is 193 cm³/mol. The van der Waals surface area contributed by atoms with E-state index in [0.29, 0.717) is 56.0 Å². The largest absolute Gasteiger partial charge is 0.493 e. The first-order valence-electron chi connectivity index (χ1n) is 17.6. The summed E-state index contributed by atoms with van der Waals surface area (Å²) < 4.78 is 24.6. The summed E-state index contributed by atoms with van der Waals surface area (Å²) in [7, 11) is 4.84. The van der Waals surface area contributed by atoms with Crippen molar-refractivity contribution in [2.75, 3.05) is 66.0 Å². The number of hydrogen-bond donors (Lipinski definition) is 1. The number of fused-ring (bicyclic) bond motifs is 1. The fourth-order valence-electron chi connectivity index (χ4n) is 7.57. The Morgan fingerprint density at radius 2 is 1.61 bits per heavy atom. The number of carbonyl (C=O) groups excluding carboxylic acids is 1. The van der Waals surface area contributed by atoms with E-state index in [0.717, 1.165) is 74.4 Å². The molecule has 0 bridgehead atoms. The van der Waals surface area contributed by atoms with Gasteiger partial charge in [-0.15, -0.1) is 0 Å². The van der Waals surface area contributed by atoms with Crippen LogP contribution in [0.4, 0.5) is 5.95 Å². The molecule has 10 nitrogen and oxygen atoms in total. The lowest BCUT2D eigenvalue weighted by Gasteiger charge is -2.36. The number of imidazole rings is 1. The minimum absolute atomic E-state index is 0.139. The van der Waals surface area contributed by atoms with Crippen LogP contribution < -0.4 is 19.5 Å². The first kappa shape index (κ1) is 34.6. The first-order valence-corrected chi connectivity index (χ1v) is 17.6. The minimum Gasteiger partial charge on any atom is -0.493 e. The first-order chi connectivity index (χ1) is 23.9. The zero-order chi connectivity index (χ0) is 34.2. The third-order valence-corrected chi connectivity index (χ3v) is 10.1. The standard InChI is InChI=1S/C39H51N5O5/c1-5-49-22-21-44-33-14-10-9-13-32(33)41-38(44)40-31-15-18-42(19-16-31)20-17-39(25-29-11-7-6-8-12-29)26-36(45)43(28-39)27-30-23-34(46-2)37(48-4)35(24-30)47-3/h6-14,23-24,31H,5,15-22,25-28H2,1-4H3,(H,40,41). The van der Waals surface area contributed by atoms with Crippen LogP contribution in [0.15, 0.2) is 66.7 Å². The lowest BCUT2D eigenvalue weighted by molar-refractivity contribution is -0.128. The average molecular weight is 670 g/mol. The molecule has 1 aromatic heterocycles. The molecule has 3 heterocycles. The van der Waals surface area contributed by atoms with Crippen molar-refractivity contribution >= 4 is 22.9 Å². The van der Waals surface area contributed by atoms with Crippen LogP contribution in [-0.4, -0.2) is 92.0 Å². The number of nitrogens with zero attached hydrogens (tertiary/aromatic N) is 4. The third kappa shape index (κ3) is 8.13. The predicted octanol–water partition coefficient (Wildman–Crippen LogP) is 6.03. The number of hydrogen-bond acceptors (Lipinski definition) is 8. The molecule has 1 atom stereocenters. The number of amides is 1. The van der Waals surface area contributed by atoms with E-state index in [9.17, 15) is 4.79 Å². The average Bonchev–Trinajstić information content (AvgIpc) is 3.63. The van der Waals surface area contributed by atoms with Gasteiger partial charge in [0.25, 0.3) is 0 Å². The Bertz CT molecular complexity index is 1660. The molecule has 1 N–H and O–H groups in total. The van der Waals surface area contributed by atoms with Gasteiger partial charge < -0.3 is 38.6 Å². The van der Waals surface area contributed by atoms with E-state index in [4.69, 9.17) is 23.9 Å². The van der Waals surface area contributed by atoms with Crippen LogP contribution in [0.3, 0.4) is 0 Å². The number of benzene rings is 3. The molecule has 0 aliphatic carbocycles. The fraction of sp³-hybridized carbons (Fsp3) is 0.487.